The van der Waals surface area contributed by atoms with E-state index in [1.807, 2.05) is 0 Å². The van der Waals surface area contributed by atoms with E-state index in [2.05, 4.69) is 15.0 Å². The monoisotopic (exact) mass is 423 g/mol. The summed E-state index contributed by atoms with van der Waals surface area (Å²) in [4.78, 5) is 28.9. The number of benzene rings is 2. The molecule has 4 rings (SSSR count). The Labute approximate surface area is 164 Å². The maximum Gasteiger partial charge on any atom is 0.573 e. The average molecular weight is 423 g/mol. The Balaban J connectivity index is 1.58. The lowest BCUT2D eigenvalue weighted by atomic mass is 10.2. The summed E-state index contributed by atoms with van der Waals surface area (Å²) in [6, 6.07) is 9.48. The number of oxazole rings is 1. The predicted molar refractivity (Wildman–Crippen MR) is 100 cm³/mol. The summed E-state index contributed by atoms with van der Waals surface area (Å²) in [6.45, 7) is 1.53. The first kappa shape index (κ1) is 19.0. The minimum Gasteiger partial charge on any atom is -0.408 e. The fraction of sp³-hybridized carbons (Fsp3) is 0.167. The van der Waals surface area contributed by atoms with Crippen LogP contribution in [-0.4, -0.2) is 21.8 Å². The molecule has 2 aromatic carbocycles. The number of para-hydroxylation sites is 2. The smallest absolute Gasteiger partial charge is 0.408 e. The molecule has 0 aliphatic heterocycles. The van der Waals surface area contributed by atoms with Crippen LogP contribution in [0.25, 0.3) is 21.3 Å². The topological polar surface area (TPSA) is 86.4 Å². The van der Waals surface area contributed by atoms with Gasteiger partial charge in [0.05, 0.1) is 15.7 Å². The van der Waals surface area contributed by atoms with Crippen LogP contribution in [0.3, 0.4) is 0 Å². The maximum atomic E-state index is 12.6. The molecule has 1 atom stereocenters. The van der Waals surface area contributed by atoms with Crippen molar-refractivity contribution in [2.24, 2.45) is 0 Å². The average Bonchev–Trinajstić information content (AvgIpc) is 3.18. The van der Waals surface area contributed by atoms with Gasteiger partial charge in [0.1, 0.15) is 11.8 Å². The molecule has 0 saturated heterocycles. The molecule has 1 N–H and O–H groups in total. The Morgan fingerprint density at radius 3 is 2.79 bits per heavy atom. The number of nitrogens with zero attached hydrogens (tertiary/aromatic N) is 2. The fourth-order valence-electron chi connectivity index (χ4n) is 2.83. The molecule has 150 valence electrons. The van der Waals surface area contributed by atoms with Crippen LogP contribution in [0.5, 0.6) is 5.75 Å². The Hall–Kier alpha value is -3.34. The lowest BCUT2D eigenvalue weighted by Gasteiger charge is -2.11. The van der Waals surface area contributed by atoms with Crippen molar-refractivity contribution >= 4 is 43.7 Å². The highest BCUT2D eigenvalue weighted by atomic mass is 32.1. The SMILES string of the molecule is CC(C(=O)Nc1nc2ccc(OC(F)(F)F)cc2s1)n1c(=O)oc2ccccc21. The van der Waals surface area contributed by atoms with Crippen LogP contribution < -0.4 is 15.8 Å². The number of aromatic nitrogens is 2. The van der Waals surface area contributed by atoms with Gasteiger partial charge in [0.15, 0.2) is 10.7 Å². The number of carbonyl (C=O) groups is 1. The molecule has 0 bridgehead atoms. The number of rotatable bonds is 4. The van der Waals surface area contributed by atoms with Gasteiger partial charge < -0.3 is 14.5 Å². The summed E-state index contributed by atoms with van der Waals surface area (Å²) in [6.07, 6.45) is -4.80. The van der Waals surface area contributed by atoms with Crippen molar-refractivity contribution in [2.45, 2.75) is 19.3 Å². The second kappa shape index (κ2) is 6.92. The summed E-state index contributed by atoms with van der Waals surface area (Å²) in [5.74, 6) is -1.58. The molecule has 1 amide bonds. The first-order chi connectivity index (χ1) is 13.7. The minimum atomic E-state index is -4.80. The number of anilines is 1. The van der Waals surface area contributed by atoms with E-state index in [1.54, 1.807) is 24.3 Å². The normalized spacial score (nSPS) is 13.0. The quantitative estimate of drug-likeness (QED) is 0.529. The number of hydrogen-bond acceptors (Lipinski definition) is 6. The molecule has 0 aliphatic carbocycles. The van der Waals surface area contributed by atoms with Crippen molar-refractivity contribution in [3.8, 4) is 5.75 Å². The standard InChI is InChI=1S/C18H12F3N3O4S/c1-9(24-12-4-2-3-5-13(12)27-17(24)26)15(25)23-16-22-11-7-6-10(8-14(11)29-16)28-18(19,20)21/h2-9H,1H3,(H,22,23,25). The van der Waals surface area contributed by atoms with E-state index in [-0.39, 0.29) is 10.9 Å². The van der Waals surface area contributed by atoms with Gasteiger partial charge in [-0.25, -0.2) is 9.78 Å². The number of alkyl halides is 3. The zero-order valence-corrected chi connectivity index (χ0v) is 15.5. The van der Waals surface area contributed by atoms with E-state index >= 15 is 0 Å². The van der Waals surface area contributed by atoms with Crippen LogP contribution in [0.15, 0.2) is 51.7 Å². The van der Waals surface area contributed by atoms with Gasteiger partial charge >= 0.3 is 12.1 Å². The molecular formula is C18H12F3N3O4S. The predicted octanol–water partition coefficient (Wildman–Crippen LogP) is 4.30. The summed E-state index contributed by atoms with van der Waals surface area (Å²) < 4.78 is 47.7. The van der Waals surface area contributed by atoms with Crippen molar-refractivity contribution in [2.75, 3.05) is 5.32 Å². The lowest BCUT2D eigenvalue weighted by Crippen LogP contribution is -2.29. The van der Waals surface area contributed by atoms with Crippen LogP contribution in [0, 0.1) is 0 Å². The van der Waals surface area contributed by atoms with Gasteiger partial charge in [-0.1, -0.05) is 23.5 Å². The van der Waals surface area contributed by atoms with Gasteiger partial charge in [0.25, 0.3) is 0 Å². The van der Waals surface area contributed by atoms with E-state index < -0.39 is 24.1 Å². The Bertz CT molecular complexity index is 1270. The number of thiazole rings is 1. The van der Waals surface area contributed by atoms with Crippen LogP contribution in [0.4, 0.5) is 18.3 Å². The number of ether oxygens (including phenoxy) is 1. The Kier molecular flexibility index (Phi) is 4.53. The number of halogens is 3. The van der Waals surface area contributed by atoms with Gasteiger partial charge in [-0.2, -0.15) is 0 Å². The van der Waals surface area contributed by atoms with E-state index in [0.29, 0.717) is 21.3 Å². The van der Waals surface area contributed by atoms with E-state index in [1.165, 1.54) is 23.6 Å². The zero-order valence-electron chi connectivity index (χ0n) is 14.7. The summed E-state index contributed by atoms with van der Waals surface area (Å²) >= 11 is 0.987. The van der Waals surface area contributed by atoms with Gasteiger partial charge in [0.2, 0.25) is 5.91 Å². The van der Waals surface area contributed by atoms with Gasteiger partial charge in [-0.15, -0.1) is 13.2 Å². The third-order valence-electron chi connectivity index (χ3n) is 4.11. The van der Waals surface area contributed by atoms with Crippen molar-refractivity contribution < 1.29 is 27.1 Å². The molecule has 7 nitrogen and oxygen atoms in total. The van der Waals surface area contributed by atoms with E-state index in [0.717, 1.165) is 17.4 Å². The Morgan fingerprint density at radius 2 is 2.03 bits per heavy atom. The third-order valence-corrected chi connectivity index (χ3v) is 5.04. The van der Waals surface area contributed by atoms with Gasteiger partial charge in [-0.05, 0) is 31.2 Å². The van der Waals surface area contributed by atoms with Crippen molar-refractivity contribution in [3.05, 3.63) is 53.0 Å². The number of fused-ring (bicyclic) bond motifs is 2. The molecule has 0 spiro atoms. The Morgan fingerprint density at radius 1 is 1.28 bits per heavy atom. The van der Waals surface area contributed by atoms with Crippen LogP contribution in [0.1, 0.15) is 13.0 Å². The van der Waals surface area contributed by atoms with Crippen molar-refractivity contribution in [3.63, 3.8) is 0 Å². The zero-order chi connectivity index (χ0) is 20.8. The second-order valence-electron chi connectivity index (χ2n) is 6.07. The highest BCUT2D eigenvalue weighted by Crippen LogP contribution is 2.32. The molecule has 2 heterocycles. The summed E-state index contributed by atoms with van der Waals surface area (Å²) in [7, 11) is 0. The highest BCUT2D eigenvalue weighted by molar-refractivity contribution is 7.22. The highest BCUT2D eigenvalue weighted by Gasteiger charge is 2.31. The second-order valence-corrected chi connectivity index (χ2v) is 7.10. The molecule has 2 aromatic heterocycles. The van der Waals surface area contributed by atoms with Crippen molar-refractivity contribution in [1.82, 2.24) is 9.55 Å². The molecule has 29 heavy (non-hydrogen) atoms. The lowest BCUT2D eigenvalue weighted by molar-refractivity contribution is -0.274. The van der Waals surface area contributed by atoms with Gasteiger partial charge in [0, 0.05) is 6.07 Å². The molecule has 4 aromatic rings. The summed E-state index contributed by atoms with van der Waals surface area (Å²) in [5.41, 5.74) is 1.23. The molecule has 11 heteroatoms. The fourth-order valence-corrected chi connectivity index (χ4v) is 3.73. The molecule has 0 saturated carbocycles. The molecule has 0 radical (unpaired) electrons. The largest absolute Gasteiger partial charge is 0.573 e. The number of hydrogen-bond donors (Lipinski definition) is 1. The number of carbonyl (C=O) groups excluding carboxylic acids is 1. The molecule has 0 fully saturated rings. The molecular weight excluding hydrogens is 411 g/mol. The maximum absolute atomic E-state index is 12.6. The summed E-state index contributed by atoms with van der Waals surface area (Å²) in [5, 5.41) is 2.77. The third kappa shape index (κ3) is 3.81. The minimum absolute atomic E-state index is 0.182. The van der Waals surface area contributed by atoms with E-state index in [9.17, 15) is 22.8 Å². The first-order valence-electron chi connectivity index (χ1n) is 8.28. The molecule has 1 unspecified atom stereocenters. The van der Waals surface area contributed by atoms with Crippen LogP contribution in [-0.2, 0) is 4.79 Å². The van der Waals surface area contributed by atoms with Crippen LogP contribution in [0.2, 0.25) is 0 Å². The number of amides is 1. The van der Waals surface area contributed by atoms with Crippen LogP contribution >= 0.6 is 11.3 Å². The van der Waals surface area contributed by atoms with Crippen molar-refractivity contribution in [1.29, 1.82) is 0 Å². The first-order valence-corrected chi connectivity index (χ1v) is 9.10. The molecule has 0 aliphatic rings. The van der Waals surface area contributed by atoms with E-state index in [4.69, 9.17) is 4.42 Å². The van der Waals surface area contributed by atoms with Gasteiger partial charge in [-0.3, -0.25) is 9.36 Å². The number of nitrogens with one attached hydrogen (secondary N) is 1.